The monoisotopic (exact) mass is 562 g/mol. The molecule has 9 heteroatoms. The first-order chi connectivity index (χ1) is 18.9. The van der Waals surface area contributed by atoms with Gasteiger partial charge in [-0.1, -0.05) is 59.3 Å². The number of carbonyl (C=O) groups excluding carboxylic acids is 1. The summed E-state index contributed by atoms with van der Waals surface area (Å²) in [5.41, 5.74) is 1.96. The zero-order valence-electron chi connectivity index (χ0n) is 22.0. The average molecular weight is 563 g/mol. The highest BCUT2D eigenvalue weighted by molar-refractivity contribution is 7.07. The lowest BCUT2D eigenvalue weighted by Gasteiger charge is -2.27. The van der Waals surface area contributed by atoms with Crippen LogP contribution in [-0.2, 0) is 9.53 Å². The lowest BCUT2D eigenvalue weighted by molar-refractivity contribution is -0.139. The second kappa shape index (κ2) is 11.1. The molecule has 0 aliphatic carbocycles. The molecule has 1 aliphatic rings. The highest BCUT2D eigenvalue weighted by Gasteiger charge is 2.36. The van der Waals surface area contributed by atoms with Crippen molar-refractivity contribution in [1.29, 1.82) is 0 Å². The van der Waals surface area contributed by atoms with E-state index in [-0.39, 0.29) is 12.2 Å². The molecule has 0 fully saturated rings. The maximum Gasteiger partial charge on any atom is 0.338 e. The first-order valence-corrected chi connectivity index (χ1v) is 13.7. The topological polar surface area (TPSA) is 79.1 Å². The van der Waals surface area contributed by atoms with Gasteiger partial charge < -0.3 is 14.2 Å². The van der Waals surface area contributed by atoms with Gasteiger partial charge in [0.25, 0.3) is 5.56 Å². The summed E-state index contributed by atoms with van der Waals surface area (Å²) < 4.78 is 18.8. The summed E-state index contributed by atoms with van der Waals surface area (Å²) in [6, 6.07) is 16.2. The molecular formula is C30H27ClN2O5S. The van der Waals surface area contributed by atoms with Crippen LogP contribution in [0, 0.1) is 0 Å². The maximum absolute atomic E-state index is 14.0. The number of halogens is 1. The number of ether oxygens (including phenoxy) is 3. The van der Waals surface area contributed by atoms with Crippen LogP contribution in [0.5, 0.6) is 11.5 Å². The Hall–Kier alpha value is -3.88. The molecule has 0 saturated heterocycles. The molecule has 0 saturated carbocycles. The van der Waals surface area contributed by atoms with Gasteiger partial charge >= 0.3 is 5.97 Å². The van der Waals surface area contributed by atoms with Crippen molar-refractivity contribution in [3.63, 3.8) is 0 Å². The number of hydrogen-bond donors (Lipinski definition) is 0. The van der Waals surface area contributed by atoms with Gasteiger partial charge in [-0.2, -0.15) is 0 Å². The maximum atomic E-state index is 14.0. The van der Waals surface area contributed by atoms with Crippen LogP contribution < -0.4 is 24.4 Å². The van der Waals surface area contributed by atoms with Crippen LogP contribution in [0.3, 0.4) is 0 Å². The van der Waals surface area contributed by atoms with Gasteiger partial charge in [-0.15, -0.1) is 0 Å². The zero-order valence-corrected chi connectivity index (χ0v) is 23.6. The number of benzene rings is 3. The Morgan fingerprint density at radius 1 is 1.10 bits per heavy atom. The van der Waals surface area contributed by atoms with Crippen LogP contribution in [0.4, 0.5) is 0 Å². The molecule has 0 spiro atoms. The molecule has 4 aromatic rings. The van der Waals surface area contributed by atoms with Gasteiger partial charge in [-0.25, -0.2) is 9.79 Å². The fourth-order valence-corrected chi connectivity index (χ4v) is 6.12. The van der Waals surface area contributed by atoms with Crippen LogP contribution in [0.2, 0.25) is 5.02 Å². The number of rotatable bonds is 7. The highest BCUT2D eigenvalue weighted by atomic mass is 35.5. The summed E-state index contributed by atoms with van der Waals surface area (Å²) in [5, 5.41) is 2.28. The molecule has 0 radical (unpaired) electrons. The number of aromatic nitrogens is 1. The molecule has 7 nitrogen and oxygen atoms in total. The third kappa shape index (κ3) is 4.86. The van der Waals surface area contributed by atoms with Crippen LogP contribution in [0.15, 0.2) is 75.7 Å². The second-order valence-corrected chi connectivity index (χ2v) is 10.2. The van der Waals surface area contributed by atoms with Crippen molar-refractivity contribution in [2.75, 3.05) is 20.3 Å². The molecule has 0 N–H and O–H groups in total. The number of hydrogen-bond acceptors (Lipinski definition) is 7. The van der Waals surface area contributed by atoms with E-state index in [2.05, 4.69) is 4.99 Å². The summed E-state index contributed by atoms with van der Waals surface area (Å²) in [6.45, 7) is 6.09. The van der Waals surface area contributed by atoms with E-state index in [0.29, 0.717) is 49.3 Å². The van der Waals surface area contributed by atoms with E-state index in [1.165, 1.54) is 11.3 Å². The van der Waals surface area contributed by atoms with Crippen molar-refractivity contribution in [1.82, 2.24) is 4.57 Å². The summed E-state index contributed by atoms with van der Waals surface area (Å²) in [4.78, 5) is 32.5. The Labute approximate surface area is 234 Å². The summed E-state index contributed by atoms with van der Waals surface area (Å²) >= 11 is 7.65. The van der Waals surface area contributed by atoms with Crippen molar-refractivity contribution in [2.45, 2.75) is 26.8 Å². The number of carbonyl (C=O) groups is 1. The third-order valence-corrected chi connectivity index (χ3v) is 7.77. The molecule has 200 valence electrons. The SMILES string of the molecule is CCOC(=O)C1=C(C)N=c2s/c(=C\c3ccc(OCC)c(Cl)c3)c(=O)n2[C@H]1c1c(OC)ccc2ccccc12. The molecule has 5 rings (SSSR count). The molecule has 1 atom stereocenters. The molecule has 0 bridgehead atoms. The fourth-order valence-electron chi connectivity index (χ4n) is 4.83. The fraction of sp³-hybridized carbons (Fsp3) is 0.233. The van der Waals surface area contributed by atoms with Gasteiger partial charge in [0.15, 0.2) is 4.80 Å². The predicted molar refractivity (Wildman–Crippen MR) is 154 cm³/mol. The van der Waals surface area contributed by atoms with E-state index in [0.717, 1.165) is 16.3 Å². The van der Waals surface area contributed by atoms with E-state index in [1.54, 1.807) is 43.7 Å². The second-order valence-electron chi connectivity index (χ2n) is 8.83. The van der Waals surface area contributed by atoms with E-state index in [4.69, 9.17) is 25.8 Å². The molecule has 0 amide bonds. The number of thiazole rings is 1. The standard InChI is InChI=1S/C30H27ClN2O5S/c1-5-37-22-13-11-18(15-21(22)31)16-24-28(34)33-27(25(29(35)38-6-2)17(3)32-30(33)39-24)26-20-10-8-7-9-19(20)12-14-23(26)36-4/h7-16,27H,5-6H2,1-4H3/b24-16-/t27-/m1/s1. The Balaban J connectivity index is 1.79. The minimum Gasteiger partial charge on any atom is -0.496 e. The van der Waals surface area contributed by atoms with Crippen molar-refractivity contribution < 1.29 is 19.0 Å². The van der Waals surface area contributed by atoms with E-state index >= 15 is 0 Å². The molecular weight excluding hydrogens is 536 g/mol. The quantitative estimate of drug-likeness (QED) is 0.296. The molecule has 3 aromatic carbocycles. The van der Waals surface area contributed by atoms with Gasteiger partial charge in [0.1, 0.15) is 17.5 Å². The Bertz CT molecular complexity index is 1800. The van der Waals surface area contributed by atoms with Gasteiger partial charge in [0.05, 0.1) is 41.1 Å². The predicted octanol–water partition coefficient (Wildman–Crippen LogP) is 5.01. The Morgan fingerprint density at radius 3 is 2.59 bits per heavy atom. The van der Waals surface area contributed by atoms with Crippen LogP contribution >= 0.6 is 22.9 Å². The number of allylic oxidation sites excluding steroid dienone is 1. The highest BCUT2D eigenvalue weighted by Crippen LogP contribution is 2.40. The number of esters is 1. The van der Waals surface area contributed by atoms with Crippen molar-refractivity contribution in [3.8, 4) is 11.5 Å². The lowest BCUT2D eigenvalue weighted by Crippen LogP contribution is -2.40. The summed E-state index contributed by atoms with van der Waals surface area (Å²) in [7, 11) is 1.58. The van der Waals surface area contributed by atoms with Crippen molar-refractivity contribution >= 4 is 45.8 Å². The normalized spacial score (nSPS) is 15.2. The van der Waals surface area contributed by atoms with Crippen molar-refractivity contribution in [2.24, 2.45) is 4.99 Å². The first-order valence-electron chi connectivity index (χ1n) is 12.6. The smallest absolute Gasteiger partial charge is 0.338 e. The molecule has 0 unspecified atom stereocenters. The van der Waals surface area contributed by atoms with E-state index in [9.17, 15) is 9.59 Å². The summed E-state index contributed by atoms with van der Waals surface area (Å²) in [6.07, 6.45) is 1.77. The number of nitrogens with zero attached hydrogens (tertiary/aromatic N) is 2. The Kier molecular flexibility index (Phi) is 7.59. The number of fused-ring (bicyclic) bond motifs is 2. The Morgan fingerprint density at radius 2 is 1.87 bits per heavy atom. The van der Waals surface area contributed by atoms with Gasteiger partial charge in [0, 0.05) is 5.56 Å². The minimum atomic E-state index is -0.799. The largest absolute Gasteiger partial charge is 0.496 e. The first kappa shape index (κ1) is 26.7. The molecule has 2 heterocycles. The molecule has 39 heavy (non-hydrogen) atoms. The van der Waals surface area contributed by atoms with E-state index in [1.807, 2.05) is 49.4 Å². The minimum absolute atomic E-state index is 0.192. The van der Waals surface area contributed by atoms with Gasteiger partial charge in [-0.3, -0.25) is 9.36 Å². The van der Waals surface area contributed by atoms with E-state index < -0.39 is 12.0 Å². The van der Waals surface area contributed by atoms with Crippen LogP contribution in [0.1, 0.15) is 37.9 Å². The third-order valence-electron chi connectivity index (χ3n) is 6.49. The molecule has 1 aliphatic heterocycles. The molecule has 1 aromatic heterocycles. The van der Waals surface area contributed by atoms with Crippen LogP contribution in [-0.4, -0.2) is 30.9 Å². The van der Waals surface area contributed by atoms with Crippen LogP contribution in [0.25, 0.3) is 16.8 Å². The number of methoxy groups -OCH3 is 1. The summed E-state index contributed by atoms with van der Waals surface area (Å²) in [5.74, 6) is 0.616. The van der Waals surface area contributed by atoms with Crippen molar-refractivity contribution in [3.05, 3.63) is 102 Å². The van der Waals surface area contributed by atoms with Gasteiger partial charge in [0.2, 0.25) is 0 Å². The van der Waals surface area contributed by atoms with Gasteiger partial charge in [-0.05, 0) is 61.4 Å². The average Bonchev–Trinajstić information content (AvgIpc) is 3.23. The lowest BCUT2D eigenvalue weighted by atomic mass is 9.90. The zero-order chi connectivity index (χ0) is 27.7.